The van der Waals surface area contributed by atoms with Crippen LogP contribution in [-0.4, -0.2) is 12.1 Å². The Bertz CT molecular complexity index is 613. The van der Waals surface area contributed by atoms with E-state index in [0.717, 1.165) is 17.1 Å². The van der Waals surface area contributed by atoms with Crippen molar-refractivity contribution in [3.05, 3.63) is 28.3 Å². The molecule has 0 saturated heterocycles. The number of hydrogen-bond acceptors (Lipinski definition) is 2. The van der Waals surface area contributed by atoms with E-state index in [1.165, 1.54) is 11.3 Å². The third-order valence-corrected chi connectivity index (χ3v) is 6.28. The fraction of sp³-hybridized carbons (Fsp3) is 0.714. The molecule has 0 spiro atoms. The van der Waals surface area contributed by atoms with Crippen molar-refractivity contribution in [2.24, 2.45) is 16.6 Å². The molecular weight excluding hydrogens is 316 g/mol. The molecule has 0 amide bonds. The normalized spacial score (nSPS) is 18.0. The Morgan fingerprint density at radius 1 is 1.00 bits per heavy atom. The van der Waals surface area contributed by atoms with Crippen LogP contribution in [0.1, 0.15) is 73.4 Å². The van der Waals surface area contributed by atoms with E-state index >= 15 is 0 Å². The van der Waals surface area contributed by atoms with E-state index in [-0.39, 0.29) is 21.8 Å². The van der Waals surface area contributed by atoms with Crippen molar-refractivity contribution in [1.29, 1.82) is 0 Å². The first-order valence-corrected chi connectivity index (χ1v) is 9.36. The smallest absolute Gasteiger partial charge is 0.0455 e. The summed E-state index contributed by atoms with van der Waals surface area (Å²) in [5.74, 6) is 0. The van der Waals surface area contributed by atoms with Crippen molar-refractivity contribution in [3.8, 4) is 0 Å². The van der Waals surface area contributed by atoms with Gasteiger partial charge in [0.1, 0.15) is 0 Å². The van der Waals surface area contributed by atoms with Gasteiger partial charge in [0.2, 0.25) is 0 Å². The van der Waals surface area contributed by atoms with Crippen molar-refractivity contribution in [2.45, 2.75) is 79.8 Å². The highest BCUT2D eigenvalue weighted by molar-refractivity contribution is 6.31. The average molecular weight is 351 g/mol. The van der Waals surface area contributed by atoms with E-state index in [4.69, 9.17) is 17.3 Å². The van der Waals surface area contributed by atoms with Crippen molar-refractivity contribution in [3.63, 3.8) is 0 Å². The number of benzene rings is 1. The average Bonchev–Trinajstić information content (AvgIpc) is 2.73. The third-order valence-electron chi connectivity index (χ3n) is 5.92. The van der Waals surface area contributed by atoms with Crippen LogP contribution < -0.4 is 10.6 Å². The van der Waals surface area contributed by atoms with Gasteiger partial charge in [-0.1, -0.05) is 53.1 Å². The lowest BCUT2D eigenvalue weighted by Crippen LogP contribution is -2.55. The van der Waals surface area contributed by atoms with E-state index in [9.17, 15) is 0 Å². The monoisotopic (exact) mass is 350 g/mol. The minimum Gasteiger partial charge on any atom is -0.366 e. The van der Waals surface area contributed by atoms with Crippen LogP contribution in [0, 0.1) is 10.8 Å². The molecule has 3 heteroatoms. The van der Waals surface area contributed by atoms with E-state index < -0.39 is 0 Å². The van der Waals surface area contributed by atoms with Crippen LogP contribution in [0.4, 0.5) is 5.69 Å². The van der Waals surface area contributed by atoms with E-state index in [0.29, 0.717) is 6.54 Å². The molecule has 24 heavy (non-hydrogen) atoms. The summed E-state index contributed by atoms with van der Waals surface area (Å²) in [6.07, 6.45) is 0. The summed E-state index contributed by atoms with van der Waals surface area (Å²) in [5, 5.41) is 0.796. The van der Waals surface area contributed by atoms with Crippen LogP contribution in [0.2, 0.25) is 5.02 Å². The molecule has 0 unspecified atom stereocenters. The van der Waals surface area contributed by atoms with E-state index in [2.05, 4.69) is 73.3 Å². The minimum atomic E-state index is -0.0256. The Morgan fingerprint density at radius 3 is 1.88 bits per heavy atom. The minimum absolute atomic E-state index is 0.0256. The number of fused-ring (bicyclic) bond motifs is 1. The highest BCUT2D eigenvalue weighted by Crippen LogP contribution is 2.61. The summed E-state index contributed by atoms with van der Waals surface area (Å²) < 4.78 is 0. The molecule has 0 saturated carbocycles. The Labute approximate surface area is 153 Å². The number of rotatable bonds is 1. The van der Waals surface area contributed by atoms with Gasteiger partial charge in [0, 0.05) is 34.8 Å². The maximum atomic E-state index is 6.60. The molecule has 1 heterocycles. The largest absolute Gasteiger partial charge is 0.366 e. The summed E-state index contributed by atoms with van der Waals surface area (Å²) in [5.41, 5.74) is 10.1. The highest BCUT2D eigenvalue weighted by atomic mass is 35.5. The number of halogens is 1. The molecule has 0 aliphatic carbocycles. The molecule has 136 valence electrons. The second-order valence-corrected chi connectivity index (χ2v) is 10.7. The lowest BCUT2D eigenvalue weighted by Gasteiger charge is -2.53. The van der Waals surface area contributed by atoms with Crippen LogP contribution in [0.15, 0.2) is 12.1 Å². The SMILES string of the molecule is CC(C)(C)N1CC(C(C)(C)C)(C(C)(C)C)c2c1ccc(Cl)c2CN. The molecule has 1 aliphatic rings. The summed E-state index contributed by atoms with van der Waals surface area (Å²) in [6, 6.07) is 4.21. The first kappa shape index (κ1) is 19.6. The van der Waals surface area contributed by atoms with Crippen molar-refractivity contribution in [1.82, 2.24) is 0 Å². The Balaban J connectivity index is 2.96. The lowest BCUT2D eigenvalue weighted by molar-refractivity contribution is 0.0628. The van der Waals surface area contributed by atoms with Crippen molar-refractivity contribution >= 4 is 17.3 Å². The Kier molecular flexibility index (Phi) is 4.60. The summed E-state index contributed by atoms with van der Waals surface area (Å²) in [4.78, 5) is 2.55. The Hall–Kier alpha value is -0.730. The molecule has 0 atom stereocenters. The molecule has 2 nitrogen and oxygen atoms in total. The zero-order chi connectivity index (χ0) is 18.7. The second-order valence-electron chi connectivity index (χ2n) is 10.3. The summed E-state index contributed by atoms with van der Waals surface area (Å²) >= 11 is 6.60. The topological polar surface area (TPSA) is 29.3 Å². The first-order valence-electron chi connectivity index (χ1n) is 8.98. The molecule has 2 rings (SSSR count). The van der Waals surface area contributed by atoms with Crippen LogP contribution >= 0.6 is 11.6 Å². The lowest BCUT2D eigenvalue weighted by atomic mass is 9.51. The zero-order valence-corrected chi connectivity index (χ0v) is 17.7. The molecule has 0 aromatic heterocycles. The maximum absolute atomic E-state index is 6.60. The number of anilines is 1. The maximum Gasteiger partial charge on any atom is 0.0455 e. The zero-order valence-electron chi connectivity index (χ0n) is 17.0. The van der Waals surface area contributed by atoms with Crippen LogP contribution in [0.3, 0.4) is 0 Å². The number of nitrogens with two attached hydrogens (primary N) is 1. The van der Waals surface area contributed by atoms with Crippen LogP contribution in [-0.2, 0) is 12.0 Å². The fourth-order valence-electron chi connectivity index (χ4n) is 4.86. The van der Waals surface area contributed by atoms with Gasteiger partial charge in [-0.15, -0.1) is 0 Å². The molecule has 0 fully saturated rings. The van der Waals surface area contributed by atoms with Gasteiger partial charge in [-0.2, -0.15) is 0 Å². The summed E-state index contributed by atoms with van der Waals surface area (Å²) in [7, 11) is 0. The van der Waals surface area contributed by atoms with Gasteiger partial charge in [-0.05, 0) is 54.9 Å². The molecule has 1 aromatic carbocycles. The van der Waals surface area contributed by atoms with Gasteiger partial charge in [-0.3, -0.25) is 0 Å². The predicted molar refractivity (Wildman–Crippen MR) is 107 cm³/mol. The van der Waals surface area contributed by atoms with E-state index in [1.54, 1.807) is 0 Å². The summed E-state index contributed by atoms with van der Waals surface area (Å²) in [6.45, 7) is 22.5. The van der Waals surface area contributed by atoms with Crippen molar-refractivity contribution < 1.29 is 0 Å². The molecular formula is C21H35ClN2. The molecule has 0 radical (unpaired) electrons. The number of nitrogens with zero attached hydrogens (tertiary/aromatic N) is 1. The van der Waals surface area contributed by atoms with E-state index in [1.807, 2.05) is 6.07 Å². The van der Waals surface area contributed by atoms with Crippen LogP contribution in [0.5, 0.6) is 0 Å². The number of hydrogen-bond donors (Lipinski definition) is 1. The van der Waals surface area contributed by atoms with Crippen molar-refractivity contribution in [2.75, 3.05) is 11.4 Å². The Morgan fingerprint density at radius 2 is 1.50 bits per heavy atom. The van der Waals surface area contributed by atoms with Gasteiger partial charge in [0.15, 0.2) is 0 Å². The standard InChI is InChI=1S/C21H35ClN2/c1-18(2,3)21(19(4,5)6)13-24(20(7,8)9)16-11-10-15(22)14(12-23)17(16)21/h10-11H,12-13,23H2,1-9H3. The predicted octanol–water partition coefficient (Wildman–Crippen LogP) is 5.75. The van der Waals surface area contributed by atoms with Gasteiger partial charge in [0.25, 0.3) is 0 Å². The van der Waals surface area contributed by atoms with Gasteiger partial charge >= 0.3 is 0 Å². The third kappa shape index (κ3) is 2.66. The van der Waals surface area contributed by atoms with Gasteiger partial charge in [0.05, 0.1) is 0 Å². The van der Waals surface area contributed by atoms with Crippen LogP contribution in [0.25, 0.3) is 0 Å². The second kappa shape index (κ2) is 5.64. The molecule has 1 aliphatic heterocycles. The highest BCUT2D eigenvalue weighted by Gasteiger charge is 2.59. The fourth-order valence-corrected chi connectivity index (χ4v) is 5.09. The van der Waals surface area contributed by atoms with Gasteiger partial charge < -0.3 is 10.6 Å². The molecule has 1 aromatic rings. The quantitative estimate of drug-likeness (QED) is 0.698. The molecule has 0 bridgehead atoms. The molecule has 2 N–H and O–H groups in total. The first-order chi connectivity index (χ1) is 10.7. The van der Waals surface area contributed by atoms with Gasteiger partial charge in [-0.25, -0.2) is 0 Å².